The summed E-state index contributed by atoms with van der Waals surface area (Å²) in [4.78, 5) is 39.3. The van der Waals surface area contributed by atoms with Gasteiger partial charge in [0.05, 0.1) is 5.56 Å². The lowest BCUT2D eigenvalue weighted by atomic mass is 10.0. The van der Waals surface area contributed by atoms with Gasteiger partial charge < -0.3 is 24.4 Å². The Morgan fingerprint density at radius 1 is 0.971 bits per heavy atom. The van der Waals surface area contributed by atoms with Gasteiger partial charge in [-0.25, -0.2) is 18.8 Å². The number of nitrogens with zero attached hydrogens (tertiary/aromatic N) is 2. The fourth-order valence-corrected chi connectivity index (χ4v) is 3.03. The second-order valence-electron chi connectivity index (χ2n) is 8.79. The van der Waals surface area contributed by atoms with E-state index >= 15 is 0 Å². The number of hydrogen-bond acceptors (Lipinski definition) is 5. The van der Waals surface area contributed by atoms with E-state index in [0.29, 0.717) is 5.56 Å². The van der Waals surface area contributed by atoms with Gasteiger partial charge in [0.25, 0.3) is 0 Å². The first kappa shape index (κ1) is 26.6. The van der Waals surface area contributed by atoms with Crippen LogP contribution in [0, 0.1) is 5.82 Å². The molecule has 34 heavy (non-hydrogen) atoms. The van der Waals surface area contributed by atoms with Crippen molar-refractivity contribution in [2.75, 3.05) is 26.7 Å². The molecule has 0 aliphatic rings. The highest BCUT2D eigenvalue weighted by atomic mass is 19.1. The summed E-state index contributed by atoms with van der Waals surface area (Å²) in [5.74, 6) is -1.91. The number of ether oxygens (including phenoxy) is 2. The van der Waals surface area contributed by atoms with Crippen molar-refractivity contribution in [3.63, 3.8) is 0 Å². The highest BCUT2D eigenvalue weighted by Crippen LogP contribution is 2.14. The minimum atomic E-state index is -1.25. The molecule has 0 heterocycles. The van der Waals surface area contributed by atoms with Gasteiger partial charge in [-0.15, -0.1) is 0 Å². The molecular formula is C25H31FN2O6. The Hall–Kier alpha value is -3.62. The van der Waals surface area contributed by atoms with Gasteiger partial charge in [0.2, 0.25) is 0 Å². The van der Waals surface area contributed by atoms with Crippen LogP contribution in [-0.4, -0.2) is 65.3 Å². The van der Waals surface area contributed by atoms with Crippen molar-refractivity contribution in [1.82, 2.24) is 9.80 Å². The maximum Gasteiger partial charge on any atom is 0.410 e. The van der Waals surface area contributed by atoms with E-state index in [0.717, 1.165) is 11.6 Å². The van der Waals surface area contributed by atoms with Gasteiger partial charge in [-0.2, -0.15) is 0 Å². The molecule has 0 aliphatic carbocycles. The monoisotopic (exact) mass is 474 g/mol. The van der Waals surface area contributed by atoms with Crippen LogP contribution in [0.3, 0.4) is 0 Å². The minimum absolute atomic E-state index is 0.0645. The molecular weight excluding hydrogens is 443 g/mol. The van der Waals surface area contributed by atoms with E-state index in [-0.39, 0.29) is 38.2 Å². The van der Waals surface area contributed by atoms with Gasteiger partial charge in [-0.05, 0) is 50.5 Å². The summed E-state index contributed by atoms with van der Waals surface area (Å²) in [6.45, 7) is 5.76. The average molecular weight is 475 g/mol. The Kier molecular flexibility index (Phi) is 9.41. The number of carboxylic acids is 1. The molecule has 184 valence electrons. The number of amides is 2. The zero-order valence-electron chi connectivity index (χ0n) is 19.9. The van der Waals surface area contributed by atoms with Crippen LogP contribution in [0.4, 0.5) is 14.0 Å². The number of carboxylic acid groups (broad SMARTS) is 1. The summed E-state index contributed by atoms with van der Waals surface area (Å²) < 4.78 is 24.3. The first-order valence-corrected chi connectivity index (χ1v) is 10.9. The van der Waals surface area contributed by atoms with Gasteiger partial charge in [0.15, 0.2) is 0 Å². The summed E-state index contributed by atoms with van der Waals surface area (Å²) in [5.41, 5.74) is 0.377. The van der Waals surface area contributed by atoms with Gasteiger partial charge >= 0.3 is 18.2 Å². The number of benzene rings is 2. The topological polar surface area (TPSA) is 96.4 Å². The fourth-order valence-electron chi connectivity index (χ4n) is 3.03. The molecule has 0 bridgehead atoms. The van der Waals surface area contributed by atoms with Crippen molar-refractivity contribution < 1.29 is 33.4 Å². The summed E-state index contributed by atoms with van der Waals surface area (Å²) in [6, 6.07) is 12.7. The lowest BCUT2D eigenvalue weighted by Crippen LogP contribution is -2.42. The Labute approximate surface area is 198 Å². The molecule has 2 aromatic carbocycles. The fraction of sp³-hybridized carbons (Fsp3) is 0.400. The normalized spacial score (nSPS) is 11.0. The van der Waals surface area contributed by atoms with E-state index in [2.05, 4.69) is 0 Å². The van der Waals surface area contributed by atoms with Crippen LogP contribution in [0.25, 0.3) is 0 Å². The van der Waals surface area contributed by atoms with Crippen LogP contribution in [0.5, 0.6) is 0 Å². The Morgan fingerprint density at radius 3 is 2.26 bits per heavy atom. The molecule has 2 rings (SSSR count). The maximum atomic E-state index is 13.5. The molecule has 0 saturated heterocycles. The SMILES string of the molecule is CN(CCN(CCc1ccc(F)cc1C(=O)O)C(=O)OCc1ccccc1)C(=O)OC(C)(C)C. The van der Waals surface area contributed by atoms with E-state index in [1.807, 2.05) is 30.3 Å². The molecule has 0 atom stereocenters. The van der Waals surface area contributed by atoms with Crippen LogP contribution in [-0.2, 0) is 22.5 Å². The number of likely N-dealkylation sites (N-methyl/N-ethyl adjacent to an activating group) is 1. The molecule has 0 spiro atoms. The van der Waals surface area contributed by atoms with Gasteiger partial charge in [-0.1, -0.05) is 36.4 Å². The second-order valence-corrected chi connectivity index (χ2v) is 8.79. The first-order valence-electron chi connectivity index (χ1n) is 10.9. The largest absolute Gasteiger partial charge is 0.478 e. The third-order valence-corrected chi connectivity index (χ3v) is 4.83. The summed E-state index contributed by atoms with van der Waals surface area (Å²) in [5, 5.41) is 9.37. The molecule has 1 N–H and O–H groups in total. The average Bonchev–Trinajstić information content (AvgIpc) is 2.77. The van der Waals surface area contributed by atoms with Crippen molar-refractivity contribution in [3.8, 4) is 0 Å². The van der Waals surface area contributed by atoms with Crippen molar-refractivity contribution >= 4 is 18.2 Å². The van der Waals surface area contributed by atoms with E-state index in [1.54, 1.807) is 27.8 Å². The second kappa shape index (κ2) is 12.0. The molecule has 2 aromatic rings. The van der Waals surface area contributed by atoms with Crippen LogP contribution in [0.1, 0.15) is 42.3 Å². The van der Waals surface area contributed by atoms with Gasteiger partial charge in [-0.3, -0.25) is 0 Å². The molecule has 0 saturated carbocycles. The zero-order chi connectivity index (χ0) is 25.3. The van der Waals surface area contributed by atoms with Gasteiger partial charge in [0, 0.05) is 26.7 Å². The van der Waals surface area contributed by atoms with Crippen LogP contribution in [0.15, 0.2) is 48.5 Å². The third-order valence-electron chi connectivity index (χ3n) is 4.83. The Morgan fingerprint density at radius 2 is 1.65 bits per heavy atom. The van der Waals surface area contributed by atoms with Crippen molar-refractivity contribution in [3.05, 3.63) is 71.0 Å². The van der Waals surface area contributed by atoms with Gasteiger partial charge in [0.1, 0.15) is 18.0 Å². The molecule has 0 fully saturated rings. The Bertz CT molecular complexity index is 991. The number of hydrogen-bond donors (Lipinski definition) is 1. The summed E-state index contributed by atoms with van der Waals surface area (Å²) in [7, 11) is 1.56. The van der Waals surface area contributed by atoms with Crippen LogP contribution >= 0.6 is 0 Å². The van der Waals surface area contributed by atoms with E-state index < -0.39 is 29.6 Å². The molecule has 8 nitrogen and oxygen atoms in total. The first-order chi connectivity index (χ1) is 16.0. The maximum absolute atomic E-state index is 13.5. The van der Waals surface area contributed by atoms with E-state index in [1.165, 1.54) is 21.9 Å². The number of halogens is 1. The number of carbonyl (C=O) groups excluding carboxylic acids is 2. The lowest BCUT2D eigenvalue weighted by molar-refractivity contribution is 0.0275. The van der Waals surface area contributed by atoms with Crippen molar-refractivity contribution in [1.29, 1.82) is 0 Å². The summed E-state index contributed by atoms with van der Waals surface area (Å²) in [6.07, 6.45) is -0.976. The Balaban J connectivity index is 2.09. The predicted octanol–water partition coefficient (Wildman–Crippen LogP) is 4.57. The molecule has 2 amide bonds. The predicted molar refractivity (Wildman–Crippen MR) is 124 cm³/mol. The number of carbonyl (C=O) groups is 3. The zero-order valence-corrected chi connectivity index (χ0v) is 19.9. The number of rotatable bonds is 9. The molecule has 0 unspecified atom stereocenters. The van der Waals surface area contributed by atoms with Crippen LogP contribution < -0.4 is 0 Å². The van der Waals surface area contributed by atoms with Crippen LogP contribution in [0.2, 0.25) is 0 Å². The van der Waals surface area contributed by atoms with Crippen molar-refractivity contribution in [2.45, 2.75) is 39.4 Å². The quantitative estimate of drug-likeness (QED) is 0.572. The standard InChI is InChI=1S/C25H31FN2O6/c1-25(2,3)34-23(31)27(4)14-15-28(24(32)33-17-18-8-6-5-7-9-18)13-12-19-10-11-20(26)16-21(19)22(29)30/h5-11,16H,12-15,17H2,1-4H3,(H,29,30). The molecule has 0 radical (unpaired) electrons. The lowest BCUT2D eigenvalue weighted by Gasteiger charge is -2.27. The molecule has 0 aliphatic heterocycles. The minimum Gasteiger partial charge on any atom is -0.478 e. The summed E-state index contributed by atoms with van der Waals surface area (Å²) >= 11 is 0. The van der Waals surface area contributed by atoms with E-state index in [9.17, 15) is 23.9 Å². The third kappa shape index (κ3) is 8.73. The van der Waals surface area contributed by atoms with E-state index in [4.69, 9.17) is 9.47 Å². The number of aromatic carboxylic acids is 1. The van der Waals surface area contributed by atoms with Crippen molar-refractivity contribution in [2.24, 2.45) is 0 Å². The molecule has 0 aromatic heterocycles. The highest BCUT2D eigenvalue weighted by Gasteiger charge is 2.22. The smallest absolute Gasteiger partial charge is 0.410 e. The molecule has 9 heteroatoms. The highest BCUT2D eigenvalue weighted by molar-refractivity contribution is 5.89.